The van der Waals surface area contributed by atoms with Gasteiger partial charge in [-0.1, -0.05) is 6.92 Å². The molecule has 1 aromatic carbocycles. The Hall–Kier alpha value is -1.87. The molecule has 8 nitrogen and oxygen atoms in total. The number of carbonyl (C=O) groups is 1. The van der Waals surface area contributed by atoms with Crippen LogP contribution >= 0.6 is 0 Å². The van der Waals surface area contributed by atoms with Gasteiger partial charge in [0.25, 0.3) is 5.97 Å². The van der Waals surface area contributed by atoms with Crippen LogP contribution in [0.15, 0.2) is 0 Å². The molecule has 0 radical (unpaired) electrons. The van der Waals surface area contributed by atoms with E-state index in [0.717, 1.165) is 28.9 Å². The summed E-state index contributed by atoms with van der Waals surface area (Å²) < 4.78 is 36.8. The lowest BCUT2D eigenvalue weighted by Crippen LogP contribution is -2.77. The normalized spacial score (nSPS) is 43.2. The highest BCUT2D eigenvalue weighted by molar-refractivity contribution is 5.98. The Labute approximate surface area is 199 Å². The summed E-state index contributed by atoms with van der Waals surface area (Å²) in [6.07, 6.45) is 1.46. The summed E-state index contributed by atoms with van der Waals surface area (Å²) in [6.45, 7) is 10.4. The summed E-state index contributed by atoms with van der Waals surface area (Å²) in [6, 6.07) is 0. The van der Waals surface area contributed by atoms with Crippen LogP contribution in [-0.2, 0) is 32.0 Å². The van der Waals surface area contributed by atoms with Crippen LogP contribution in [0.1, 0.15) is 74.0 Å². The number of carbonyl (C=O) groups excluding carboxylic acids is 1. The van der Waals surface area contributed by atoms with Crippen molar-refractivity contribution in [1.82, 2.24) is 0 Å². The van der Waals surface area contributed by atoms with E-state index in [1.54, 1.807) is 14.2 Å². The fourth-order valence-electron chi connectivity index (χ4n) is 8.26. The summed E-state index contributed by atoms with van der Waals surface area (Å²) in [5.74, 6) is -0.276. The highest BCUT2D eigenvalue weighted by atomic mass is 16.9. The predicted molar refractivity (Wildman–Crippen MR) is 120 cm³/mol. The first-order valence-corrected chi connectivity index (χ1v) is 12.1. The Kier molecular flexibility index (Phi) is 4.29. The second kappa shape index (κ2) is 6.46. The van der Waals surface area contributed by atoms with Crippen LogP contribution in [0.2, 0.25) is 0 Å². The molecule has 4 heterocycles. The molecule has 1 N–H and O–H groups in total. The SMILES string of the molecule is COc1c2c(c(C)c3c1C(=O)OC3)O[C@]1(C)C[C@@H](O)[C@]34O[C@](OC)(CC[C@]3(C)[C@H]1C2)OC4(C)C. The van der Waals surface area contributed by atoms with Crippen LogP contribution < -0.4 is 9.47 Å². The topological polar surface area (TPSA) is 92.7 Å². The van der Waals surface area contributed by atoms with E-state index < -0.39 is 34.3 Å². The Morgan fingerprint density at radius 2 is 1.79 bits per heavy atom. The van der Waals surface area contributed by atoms with Crippen molar-refractivity contribution in [3.8, 4) is 11.5 Å². The molecule has 1 saturated carbocycles. The molecule has 4 aliphatic heterocycles. The number of methoxy groups -OCH3 is 2. The molecule has 0 amide bonds. The van der Waals surface area contributed by atoms with E-state index in [1.165, 1.54) is 0 Å². The zero-order valence-electron chi connectivity index (χ0n) is 21.0. The summed E-state index contributed by atoms with van der Waals surface area (Å²) in [5, 5.41) is 11.8. The molecule has 34 heavy (non-hydrogen) atoms. The smallest absolute Gasteiger partial charge is 0.342 e. The first kappa shape index (κ1) is 22.6. The number of esters is 1. The Morgan fingerprint density at radius 1 is 1.06 bits per heavy atom. The van der Waals surface area contributed by atoms with Gasteiger partial charge >= 0.3 is 5.97 Å². The Morgan fingerprint density at radius 3 is 2.47 bits per heavy atom. The molecule has 3 fully saturated rings. The monoisotopic (exact) mass is 474 g/mol. The minimum atomic E-state index is -1.16. The number of rotatable bonds is 2. The second-order valence-electron chi connectivity index (χ2n) is 11.5. The minimum absolute atomic E-state index is 0.0319. The van der Waals surface area contributed by atoms with Crippen molar-refractivity contribution in [2.24, 2.45) is 11.3 Å². The zero-order valence-corrected chi connectivity index (χ0v) is 21.0. The van der Waals surface area contributed by atoms with Crippen LogP contribution in [0, 0.1) is 18.3 Å². The fraction of sp³-hybridized carbons (Fsp3) is 0.731. The van der Waals surface area contributed by atoms with Gasteiger partial charge in [-0.15, -0.1) is 0 Å². The number of fused-ring (bicyclic) bond motifs is 5. The van der Waals surface area contributed by atoms with Gasteiger partial charge in [0.15, 0.2) is 0 Å². The lowest BCUT2D eigenvalue weighted by molar-refractivity contribution is -0.392. The van der Waals surface area contributed by atoms with E-state index in [2.05, 4.69) is 13.8 Å². The van der Waals surface area contributed by atoms with Crippen molar-refractivity contribution in [3.05, 3.63) is 22.3 Å². The first-order valence-electron chi connectivity index (χ1n) is 12.1. The minimum Gasteiger partial charge on any atom is -0.495 e. The molecule has 8 heteroatoms. The van der Waals surface area contributed by atoms with Crippen LogP contribution in [0.3, 0.4) is 0 Å². The van der Waals surface area contributed by atoms with Crippen LogP contribution in [-0.4, -0.2) is 54.2 Å². The summed E-state index contributed by atoms with van der Waals surface area (Å²) in [7, 11) is 3.17. The standard InChI is InChI=1S/C26H34O8/c1-13-15-12-31-21(28)18(15)20(29-6)14-10-16-23(4)8-9-25(30-7)33-22(2,3)26(23,34-25)17(27)11-24(16,5)32-19(13)14/h16-17,27H,8-12H2,1-7H3/t16-,17-,23-,24-,25+,26-/m1/s1. The number of hydrogen-bond acceptors (Lipinski definition) is 8. The third kappa shape index (κ3) is 2.31. The summed E-state index contributed by atoms with van der Waals surface area (Å²) >= 11 is 0. The van der Waals surface area contributed by atoms with Gasteiger partial charge < -0.3 is 33.5 Å². The largest absolute Gasteiger partial charge is 0.495 e. The maximum atomic E-state index is 12.6. The zero-order chi connectivity index (χ0) is 24.5. The molecule has 0 unspecified atom stereocenters. The van der Waals surface area contributed by atoms with Gasteiger partial charge in [-0.25, -0.2) is 4.79 Å². The van der Waals surface area contributed by atoms with Gasteiger partial charge in [-0.05, 0) is 46.1 Å². The first-order chi connectivity index (χ1) is 15.9. The van der Waals surface area contributed by atoms with Gasteiger partial charge in [0, 0.05) is 42.4 Å². The van der Waals surface area contributed by atoms with Crippen LogP contribution in [0.4, 0.5) is 0 Å². The van der Waals surface area contributed by atoms with Gasteiger partial charge in [-0.3, -0.25) is 0 Å². The maximum absolute atomic E-state index is 12.6. The van der Waals surface area contributed by atoms with Crippen molar-refractivity contribution < 1.29 is 38.3 Å². The molecule has 2 saturated heterocycles. The average molecular weight is 475 g/mol. The highest BCUT2D eigenvalue weighted by Gasteiger charge is 2.80. The molecule has 186 valence electrons. The van der Waals surface area contributed by atoms with Crippen molar-refractivity contribution in [1.29, 1.82) is 0 Å². The number of cyclic esters (lactones) is 1. The second-order valence-corrected chi connectivity index (χ2v) is 11.5. The summed E-state index contributed by atoms with van der Waals surface area (Å²) in [5.41, 5.74) is 0.176. The van der Waals surface area contributed by atoms with Crippen molar-refractivity contribution in [2.45, 2.75) is 95.8 Å². The number of hydrogen-bond donors (Lipinski definition) is 1. The third-order valence-corrected chi connectivity index (χ3v) is 9.68. The highest BCUT2D eigenvalue weighted by Crippen LogP contribution is 2.70. The van der Waals surface area contributed by atoms with E-state index in [-0.39, 0.29) is 18.5 Å². The fourth-order valence-corrected chi connectivity index (χ4v) is 8.26. The molecule has 0 aromatic heterocycles. The van der Waals surface area contributed by atoms with Gasteiger partial charge in [-0.2, -0.15) is 0 Å². The molecule has 5 aliphatic rings. The molecule has 6 rings (SSSR count). The van der Waals surface area contributed by atoms with E-state index >= 15 is 0 Å². The number of benzene rings is 1. The number of aliphatic hydroxyl groups excluding tert-OH is 1. The lowest BCUT2D eigenvalue weighted by Gasteiger charge is -2.66. The Balaban J connectivity index is 1.55. The number of aliphatic hydroxyl groups is 1. The van der Waals surface area contributed by atoms with Gasteiger partial charge in [0.05, 0.1) is 13.2 Å². The van der Waals surface area contributed by atoms with Crippen molar-refractivity contribution in [3.63, 3.8) is 0 Å². The van der Waals surface area contributed by atoms with E-state index in [0.29, 0.717) is 30.6 Å². The van der Waals surface area contributed by atoms with Crippen molar-refractivity contribution >= 4 is 5.97 Å². The number of ether oxygens (including phenoxy) is 6. The van der Waals surface area contributed by atoms with Gasteiger partial charge in [0.1, 0.15) is 40.5 Å². The predicted octanol–water partition coefficient (Wildman–Crippen LogP) is 3.41. The average Bonchev–Trinajstić information content (AvgIpc) is 3.25. The third-order valence-electron chi connectivity index (χ3n) is 9.68. The molecule has 6 atom stereocenters. The maximum Gasteiger partial charge on any atom is 0.342 e. The molecule has 2 bridgehead atoms. The quantitative estimate of drug-likeness (QED) is 0.652. The van der Waals surface area contributed by atoms with Crippen LogP contribution in [0.25, 0.3) is 0 Å². The molecule has 1 aliphatic carbocycles. The van der Waals surface area contributed by atoms with Gasteiger partial charge in [0.2, 0.25) is 0 Å². The van der Waals surface area contributed by atoms with Crippen LogP contribution in [0.5, 0.6) is 11.5 Å². The van der Waals surface area contributed by atoms with E-state index in [1.807, 2.05) is 20.8 Å². The van der Waals surface area contributed by atoms with Crippen molar-refractivity contribution in [2.75, 3.05) is 14.2 Å². The van der Waals surface area contributed by atoms with E-state index in [4.69, 9.17) is 28.4 Å². The molecule has 1 spiro atoms. The molecular weight excluding hydrogens is 440 g/mol. The summed E-state index contributed by atoms with van der Waals surface area (Å²) in [4.78, 5) is 12.6. The lowest BCUT2D eigenvalue weighted by atomic mass is 9.46. The van der Waals surface area contributed by atoms with E-state index in [9.17, 15) is 9.90 Å². The Bertz CT molecular complexity index is 1110. The molecular formula is C26H34O8. The molecule has 1 aromatic rings.